The normalized spacial score (nSPS) is 16.3. The lowest BCUT2D eigenvalue weighted by atomic mass is 9.83. The third kappa shape index (κ3) is 3.09. The van der Waals surface area contributed by atoms with Crippen LogP contribution in [0.25, 0.3) is 11.0 Å². The Labute approximate surface area is 151 Å². The van der Waals surface area contributed by atoms with Crippen LogP contribution in [-0.2, 0) is 16.8 Å². The predicted octanol–water partition coefficient (Wildman–Crippen LogP) is 4.12. The number of rotatable bonds is 6. The second-order valence-corrected chi connectivity index (χ2v) is 7.75. The molecule has 0 unspecified atom stereocenters. The van der Waals surface area contributed by atoms with Crippen molar-refractivity contribution < 1.29 is 4.79 Å². The van der Waals surface area contributed by atoms with E-state index in [2.05, 4.69) is 50.7 Å². The third-order valence-corrected chi connectivity index (χ3v) is 6.34. The molecule has 4 nitrogen and oxygen atoms in total. The summed E-state index contributed by atoms with van der Waals surface area (Å²) in [6.45, 7) is 1.57. The van der Waals surface area contributed by atoms with Crippen LogP contribution < -0.4 is 5.32 Å². The van der Waals surface area contributed by atoms with E-state index in [0.717, 1.165) is 49.7 Å². The maximum Gasteiger partial charge on any atom is 0.231 e. The third-order valence-electron chi connectivity index (χ3n) is 5.27. The first-order chi connectivity index (χ1) is 12.3. The Morgan fingerprint density at radius 1 is 1.24 bits per heavy atom. The van der Waals surface area contributed by atoms with Crippen molar-refractivity contribution in [3.8, 4) is 0 Å². The van der Waals surface area contributed by atoms with Crippen LogP contribution in [-0.4, -0.2) is 22.0 Å². The summed E-state index contributed by atoms with van der Waals surface area (Å²) in [7, 11) is 0. The molecule has 0 aromatic carbocycles. The molecule has 3 aromatic heterocycles. The van der Waals surface area contributed by atoms with E-state index < -0.39 is 0 Å². The molecule has 4 rings (SSSR count). The molecule has 1 aliphatic rings. The zero-order valence-electron chi connectivity index (χ0n) is 14.3. The predicted molar refractivity (Wildman–Crippen MR) is 102 cm³/mol. The Hall–Kier alpha value is -2.14. The van der Waals surface area contributed by atoms with Gasteiger partial charge in [-0.1, -0.05) is 18.9 Å². The molecule has 3 heterocycles. The van der Waals surface area contributed by atoms with E-state index in [-0.39, 0.29) is 11.3 Å². The van der Waals surface area contributed by atoms with Crippen molar-refractivity contribution in [3.63, 3.8) is 0 Å². The Balaban J connectivity index is 1.36. The number of thiophene rings is 1. The number of aryl methyl sites for hydroxylation is 1. The number of carbonyl (C=O) groups is 1. The molecule has 3 aromatic rings. The second-order valence-electron chi connectivity index (χ2n) is 6.80. The van der Waals surface area contributed by atoms with E-state index in [1.54, 1.807) is 11.3 Å². The molecule has 1 N–H and O–H groups in total. The zero-order chi connectivity index (χ0) is 17.1. The second kappa shape index (κ2) is 7.00. The van der Waals surface area contributed by atoms with E-state index in [1.807, 2.05) is 12.3 Å². The Kier molecular flexibility index (Phi) is 4.57. The number of nitrogens with one attached hydrogen (secondary N) is 1. The first-order valence-electron chi connectivity index (χ1n) is 9.02. The number of hydrogen-bond donors (Lipinski definition) is 1. The fourth-order valence-corrected chi connectivity index (χ4v) is 4.92. The van der Waals surface area contributed by atoms with E-state index in [9.17, 15) is 4.79 Å². The summed E-state index contributed by atoms with van der Waals surface area (Å²) < 4.78 is 2.16. The quantitative estimate of drug-likeness (QED) is 0.678. The van der Waals surface area contributed by atoms with Gasteiger partial charge in [-0.25, -0.2) is 4.98 Å². The number of aromatic nitrogens is 2. The van der Waals surface area contributed by atoms with Crippen LogP contribution in [0.3, 0.4) is 0 Å². The molecule has 0 spiro atoms. The van der Waals surface area contributed by atoms with Crippen molar-refractivity contribution in [1.29, 1.82) is 0 Å². The smallest absolute Gasteiger partial charge is 0.231 e. The highest BCUT2D eigenvalue weighted by molar-refractivity contribution is 7.10. The molecule has 1 fully saturated rings. The summed E-state index contributed by atoms with van der Waals surface area (Å²) in [5.41, 5.74) is 0.732. The van der Waals surface area contributed by atoms with E-state index in [0.29, 0.717) is 6.54 Å². The summed E-state index contributed by atoms with van der Waals surface area (Å²) >= 11 is 1.71. The van der Waals surface area contributed by atoms with E-state index >= 15 is 0 Å². The zero-order valence-corrected chi connectivity index (χ0v) is 15.1. The molecule has 0 saturated heterocycles. The molecular formula is C20H23N3OS. The van der Waals surface area contributed by atoms with Crippen molar-refractivity contribution in [2.75, 3.05) is 6.54 Å². The summed E-state index contributed by atoms with van der Waals surface area (Å²) in [6, 6.07) is 10.3. The number of carbonyl (C=O) groups excluding carboxylic acids is 1. The van der Waals surface area contributed by atoms with Gasteiger partial charge in [0.1, 0.15) is 5.65 Å². The summed E-state index contributed by atoms with van der Waals surface area (Å²) in [5, 5.41) is 6.44. The summed E-state index contributed by atoms with van der Waals surface area (Å²) in [4.78, 5) is 18.6. The minimum absolute atomic E-state index is 0.211. The first-order valence-corrected chi connectivity index (χ1v) is 9.90. The van der Waals surface area contributed by atoms with Crippen molar-refractivity contribution in [2.45, 2.75) is 44.1 Å². The fraction of sp³-hybridized carbons (Fsp3) is 0.400. The van der Waals surface area contributed by atoms with Crippen molar-refractivity contribution in [2.24, 2.45) is 0 Å². The Morgan fingerprint density at radius 2 is 2.12 bits per heavy atom. The van der Waals surface area contributed by atoms with Crippen molar-refractivity contribution in [3.05, 3.63) is 53.0 Å². The minimum atomic E-state index is -0.282. The van der Waals surface area contributed by atoms with Gasteiger partial charge in [0.05, 0.1) is 5.41 Å². The molecule has 5 heteroatoms. The number of fused-ring (bicyclic) bond motifs is 1. The van der Waals surface area contributed by atoms with Crippen LogP contribution in [0.1, 0.15) is 37.0 Å². The number of amides is 1. The Morgan fingerprint density at radius 3 is 2.92 bits per heavy atom. The highest BCUT2D eigenvalue weighted by Gasteiger charge is 2.43. The van der Waals surface area contributed by atoms with Crippen LogP contribution in [0.2, 0.25) is 0 Å². The van der Waals surface area contributed by atoms with Crippen molar-refractivity contribution >= 4 is 28.3 Å². The maximum absolute atomic E-state index is 12.9. The molecule has 0 radical (unpaired) electrons. The largest absolute Gasteiger partial charge is 0.355 e. The number of hydrogen-bond acceptors (Lipinski definition) is 3. The number of nitrogens with zero attached hydrogens (tertiary/aromatic N) is 2. The van der Waals surface area contributed by atoms with Gasteiger partial charge >= 0.3 is 0 Å². The molecule has 1 saturated carbocycles. The first kappa shape index (κ1) is 16.3. The molecule has 1 amide bonds. The topological polar surface area (TPSA) is 46.9 Å². The molecule has 1 aliphatic carbocycles. The molecular weight excluding hydrogens is 330 g/mol. The average Bonchev–Trinajstić information content (AvgIpc) is 3.39. The molecule has 0 bridgehead atoms. The van der Waals surface area contributed by atoms with Gasteiger partial charge in [0.25, 0.3) is 0 Å². The lowest BCUT2D eigenvalue weighted by Gasteiger charge is -2.26. The van der Waals surface area contributed by atoms with Gasteiger partial charge in [0.15, 0.2) is 0 Å². The summed E-state index contributed by atoms with van der Waals surface area (Å²) in [5.74, 6) is 0.211. The van der Waals surface area contributed by atoms with E-state index in [1.165, 1.54) is 4.88 Å². The van der Waals surface area contributed by atoms with Gasteiger partial charge in [0.2, 0.25) is 5.91 Å². The van der Waals surface area contributed by atoms with Crippen LogP contribution in [0.15, 0.2) is 48.1 Å². The molecule has 130 valence electrons. The lowest BCUT2D eigenvalue weighted by molar-refractivity contribution is -0.126. The van der Waals surface area contributed by atoms with Crippen LogP contribution in [0.4, 0.5) is 0 Å². The van der Waals surface area contributed by atoms with Crippen LogP contribution in [0.5, 0.6) is 0 Å². The lowest BCUT2D eigenvalue weighted by Crippen LogP contribution is -2.42. The van der Waals surface area contributed by atoms with E-state index in [4.69, 9.17) is 0 Å². The highest BCUT2D eigenvalue weighted by atomic mass is 32.1. The summed E-state index contributed by atoms with van der Waals surface area (Å²) in [6.07, 6.45) is 9.05. The Bertz CT molecular complexity index is 847. The monoisotopic (exact) mass is 353 g/mol. The van der Waals surface area contributed by atoms with Gasteiger partial charge < -0.3 is 9.88 Å². The van der Waals surface area contributed by atoms with Crippen LogP contribution in [0, 0.1) is 0 Å². The maximum atomic E-state index is 12.9. The standard InChI is InChI=1S/C20H23N3OS/c24-19(20(9-1-2-10-20)17-7-4-15-25-17)22-12-5-13-23-14-8-16-6-3-11-21-18(16)23/h3-4,6-8,11,14-15H,1-2,5,9-10,12-13H2,(H,22,24). The average molecular weight is 353 g/mol. The van der Waals surface area contributed by atoms with Gasteiger partial charge in [0, 0.05) is 35.7 Å². The van der Waals surface area contributed by atoms with Crippen LogP contribution >= 0.6 is 11.3 Å². The molecule has 0 atom stereocenters. The SMILES string of the molecule is O=C(NCCCn1ccc2cccnc21)C1(c2cccs2)CCCC1. The molecule has 25 heavy (non-hydrogen) atoms. The van der Waals surface area contributed by atoms with Crippen molar-refractivity contribution in [1.82, 2.24) is 14.9 Å². The van der Waals surface area contributed by atoms with Gasteiger partial charge in [-0.2, -0.15) is 0 Å². The van der Waals surface area contributed by atoms with Gasteiger partial charge in [-0.3, -0.25) is 4.79 Å². The molecule has 0 aliphatic heterocycles. The fourth-order valence-electron chi connectivity index (χ4n) is 3.94. The van der Waals surface area contributed by atoms with Gasteiger partial charge in [-0.05, 0) is 48.9 Å². The number of pyridine rings is 1. The van der Waals surface area contributed by atoms with Gasteiger partial charge in [-0.15, -0.1) is 11.3 Å². The minimum Gasteiger partial charge on any atom is -0.355 e. The highest BCUT2D eigenvalue weighted by Crippen LogP contribution is 2.43.